The number of methoxy groups -OCH3 is 1. The third kappa shape index (κ3) is 3.16. The third-order valence-corrected chi connectivity index (χ3v) is 3.57. The minimum atomic E-state index is 0.248. The zero-order chi connectivity index (χ0) is 13.0. The van der Waals surface area contributed by atoms with E-state index in [2.05, 4.69) is 59.1 Å². The van der Waals surface area contributed by atoms with Crippen molar-refractivity contribution in [3.8, 4) is 5.75 Å². The van der Waals surface area contributed by atoms with Gasteiger partial charge in [0, 0.05) is 9.61 Å². The number of rotatable bonds is 4. The zero-order valence-electron chi connectivity index (χ0n) is 10.5. The summed E-state index contributed by atoms with van der Waals surface area (Å²) in [6, 6.07) is 16.8. The van der Waals surface area contributed by atoms with E-state index in [1.54, 1.807) is 7.11 Å². The van der Waals surface area contributed by atoms with Crippen LogP contribution in [0.25, 0.3) is 0 Å². The molecule has 0 heterocycles. The highest BCUT2D eigenvalue weighted by Gasteiger charge is 2.08. The molecule has 0 saturated carbocycles. The van der Waals surface area contributed by atoms with Crippen molar-refractivity contribution in [2.75, 3.05) is 12.4 Å². The molecule has 0 aliphatic heterocycles. The van der Waals surface area contributed by atoms with Crippen molar-refractivity contribution in [1.29, 1.82) is 0 Å². The van der Waals surface area contributed by atoms with E-state index >= 15 is 0 Å². The first-order chi connectivity index (χ1) is 8.70. The Kier molecular flexibility index (Phi) is 4.47. The minimum Gasteiger partial charge on any atom is -0.495 e. The molecular formula is C15H16INO. The van der Waals surface area contributed by atoms with Gasteiger partial charge in [-0.25, -0.2) is 0 Å². The molecule has 0 saturated heterocycles. The highest BCUT2D eigenvalue weighted by molar-refractivity contribution is 14.1. The number of para-hydroxylation sites is 2. The summed E-state index contributed by atoms with van der Waals surface area (Å²) in [5.41, 5.74) is 2.28. The lowest BCUT2D eigenvalue weighted by molar-refractivity contribution is 0.416. The van der Waals surface area contributed by atoms with Gasteiger partial charge in [-0.3, -0.25) is 0 Å². The average molecular weight is 353 g/mol. The van der Waals surface area contributed by atoms with E-state index in [0.29, 0.717) is 0 Å². The molecule has 0 spiro atoms. The molecule has 0 bridgehead atoms. The van der Waals surface area contributed by atoms with Crippen LogP contribution in [0.4, 0.5) is 5.69 Å². The minimum absolute atomic E-state index is 0.248. The Morgan fingerprint density at radius 1 is 1.06 bits per heavy atom. The van der Waals surface area contributed by atoms with E-state index in [0.717, 1.165) is 11.4 Å². The molecular weight excluding hydrogens is 337 g/mol. The smallest absolute Gasteiger partial charge is 0.141 e. The Labute approximate surface area is 122 Å². The van der Waals surface area contributed by atoms with Crippen LogP contribution in [0.3, 0.4) is 0 Å². The van der Waals surface area contributed by atoms with E-state index in [1.165, 1.54) is 9.13 Å². The van der Waals surface area contributed by atoms with E-state index in [4.69, 9.17) is 4.74 Å². The first kappa shape index (κ1) is 13.2. The van der Waals surface area contributed by atoms with Crippen LogP contribution in [-0.2, 0) is 0 Å². The fourth-order valence-corrected chi connectivity index (χ4v) is 2.19. The maximum atomic E-state index is 5.34. The highest BCUT2D eigenvalue weighted by atomic mass is 127. The summed E-state index contributed by atoms with van der Waals surface area (Å²) in [5.74, 6) is 0.870. The van der Waals surface area contributed by atoms with E-state index in [1.807, 2.05) is 24.3 Å². The lowest BCUT2D eigenvalue weighted by Crippen LogP contribution is -2.07. The van der Waals surface area contributed by atoms with Gasteiger partial charge in [-0.1, -0.05) is 24.3 Å². The molecule has 0 aliphatic carbocycles. The van der Waals surface area contributed by atoms with Gasteiger partial charge in [0.2, 0.25) is 0 Å². The van der Waals surface area contributed by atoms with Gasteiger partial charge in [-0.15, -0.1) is 0 Å². The Morgan fingerprint density at radius 3 is 2.39 bits per heavy atom. The van der Waals surface area contributed by atoms with Gasteiger partial charge in [0.05, 0.1) is 12.8 Å². The summed E-state index contributed by atoms with van der Waals surface area (Å²) in [6.45, 7) is 2.15. The van der Waals surface area contributed by atoms with Gasteiger partial charge in [-0.05, 0) is 59.3 Å². The third-order valence-electron chi connectivity index (χ3n) is 2.85. The summed E-state index contributed by atoms with van der Waals surface area (Å²) in [5, 5.41) is 3.47. The zero-order valence-corrected chi connectivity index (χ0v) is 12.6. The molecule has 0 radical (unpaired) electrons. The fourth-order valence-electron chi connectivity index (χ4n) is 1.83. The van der Waals surface area contributed by atoms with Gasteiger partial charge in [0.25, 0.3) is 0 Å². The summed E-state index contributed by atoms with van der Waals surface area (Å²) in [4.78, 5) is 0. The molecule has 1 atom stereocenters. The fraction of sp³-hybridized carbons (Fsp3) is 0.200. The van der Waals surface area contributed by atoms with E-state index in [9.17, 15) is 0 Å². The average Bonchev–Trinajstić information content (AvgIpc) is 2.40. The van der Waals surface area contributed by atoms with Crippen LogP contribution in [-0.4, -0.2) is 7.11 Å². The number of nitrogens with one attached hydrogen (secondary N) is 1. The predicted octanol–water partition coefficient (Wildman–Crippen LogP) is 4.47. The Hall–Kier alpha value is -1.23. The van der Waals surface area contributed by atoms with Gasteiger partial charge >= 0.3 is 0 Å². The SMILES string of the molecule is COc1ccccc1NC(C)c1ccc(I)cc1. The van der Waals surface area contributed by atoms with Crippen molar-refractivity contribution in [3.63, 3.8) is 0 Å². The van der Waals surface area contributed by atoms with Crippen LogP contribution >= 0.6 is 22.6 Å². The second kappa shape index (κ2) is 6.09. The van der Waals surface area contributed by atoms with E-state index in [-0.39, 0.29) is 6.04 Å². The molecule has 0 aromatic heterocycles. The maximum Gasteiger partial charge on any atom is 0.141 e. The molecule has 18 heavy (non-hydrogen) atoms. The van der Waals surface area contributed by atoms with Crippen LogP contribution < -0.4 is 10.1 Å². The Bertz CT molecular complexity index is 510. The number of benzene rings is 2. The Morgan fingerprint density at radius 2 is 1.72 bits per heavy atom. The van der Waals surface area contributed by atoms with Crippen LogP contribution in [0, 0.1) is 3.57 Å². The molecule has 94 valence electrons. The van der Waals surface area contributed by atoms with Gasteiger partial charge in [0.15, 0.2) is 0 Å². The van der Waals surface area contributed by atoms with Crippen molar-refractivity contribution < 1.29 is 4.74 Å². The van der Waals surface area contributed by atoms with Crippen molar-refractivity contribution in [3.05, 3.63) is 57.7 Å². The molecule has 2 aromatic carbocycles. The molecule has 0 amide bonds. The quantitative estimate of drug-likeness (QED) is 0.819. The first-order valence-electron chi connectivity index (χ1n) is 5.85. The molecule has 2 aromatic rings. The van der Waals surface area contributed by atoms with Gasteiger partial charge in [-0.2, -0.15) is 0 Å². The predicted molar refractivity (Wildman–Crippen MR) is 84.2 cm³/mol. The standard InChI is InChI=1S/C15H16INO/c1-11(12-7-9-13(16)10-8-12)17-14-5-3-4-6-15(14)18-2/h3-11,17H,1-2H3. The van der Waals surface area contributed by atoms with Crippen molar-refractivity contribution in [2.24, 2.45) is 0 Å². The monoisotopic (exact) mass is 353 g/mol. The number of hydrogen-bond donors (Lipinski definition) is 1. The first-order valence-corrected chi connectivity index (χ1v) is 6.93. The molecule has 2 rings (SSSR count). The van der Waals surface area contributed by atoms with Gasteiger partial charge < -0.3 is 10.1 Å². The van der Waals surface area contributed by atoms with Crippen molar-refractivity contribution in [2.45, 2.75) is 13.0 Å². The number of anilines is 1. The molecule has 0 aliphatic rings. The van der Waals surface area contributed by atoms with Crippen LogP contribution in [0.15, 0.2) is 48.5 Å². The summed E-state index contributed by atoms with van der Waals surface area (Å²) in [6.07, 6.45) is 0. The van der Waals surface area contributed by atoms with Crippen LogP contribution in [0.1, 0.15) is 18.5 Å². The summed E-state index contributed by atoms with van der Waals surface area (Å²) in [7, 11) is 1.69. The summed E-state index contributed by atoms with van der Waals surface area (Å²) >= 11 is 2.31. The van der Waals surface area contributed by atoms with E-state index < -0.39 is 0 Å². The second-order valence-electron chi connectivity index (χ2n) is 4.12. The number of halogens is 1. The topological polar surface area (TPSA) is 21.3 Å². The van der Waals surface area contributed by atoms with Crippen LogP contribution in [0.5, 0.6) is 5.75 Å². The molecule has 0 fully saturated rings. The summed E-state index contributed by atoms with van der Waals surface area (Å²) < 4.78 is 6.59. The largest absolute Gasteiger partial charge is 0.495 e. The lowest BCUT2D eigenvalue weighted by atomic mass is 10.1. The lowest BCUT2D eigenvalue weighted by Gasteiger charge is -2.17. The van der Waals surface area contributed by atoms with Crippen molar-refractivity contribution in [1.82, 2.24) is 0 Å². The van der Waals surface area contributed by atoms with Crippen LogP contribution in [0.2, 0.25) is 0 Å². The highest BCUT2D eigenvalue weighted by Crippen LogP contribution is 2.27. The normalized spacial score (nSPS) is 11.9. The Balaban J connectivity index is 2.15. The van der Waals surface area contributed by atoms with Gasteiger partial charge in [0.1, 0.15) is 5.75 Å². The van der Waals surface area contributed by atoms with Crippen molar-refractivity contribution >= 4 is 28.3 Å². The molecule has 1 unspecified atom stereocenters. The maximum absolute atomic E-state index is 5.34. The number of ether oxygens (including phenoxy) is 1. The molecule has 3 heteroatoms. The number of hydrogen-bond acceptors (Lipinski definition) is 2. The second-order valence-corrected chi connectivity index (χ2v) is 5.36. The molecule has 1 N–H and O–H groups in total. The molecule has 2 nitrogen and oxygen atoms in total.